The summed E-state index contributed by atoms with van der Waals surface area (Å²) < 4.78 is 11.0. The number of amides is 1. The molecule has 5 nitrogen and oxygen atoms in total. The van der Waals surface area contributed by atoms with E-state index in [-0.39, 0.29) is 12.5 Å². The molecular formula is C20H24N2O3. The molecule has 0 bridgehead atoms. The van der Waals surface area contributed by atoms with Crippen LogP contribution in [0, 0.1) is 20.8 Å². The third kappa shape index (κ3) is 4.83. The van der Waals surface area contributed by atoms with Crippen molar-refractivity contribution in [1.29, 1.82) is 0 Å². The van der Waals surface area contributed by atoms with Crippen molar-refractivity contribution in [2.45, 2.75) is 27.7 Å². The Morgan fingerprint density at radius 2 is 1.96 bits per heavy atom. The summed E-state index contributed by atoms with van der Waals surface area (Å²) in [6.45, 7) is 7.59. The highest BCUT2D eigenvalue weighted by atomic mass is 16.5. The van der Waals surface area contributed by atoms with Crippen LogP contribution in [0.4, 0.5) is 5.69 Å². The predicted molar refractivity (Wildman–Crippen MR) is 100 cm³/mol. The van der Waals surface area contributed by atoms with Crippen molar-refractivity contribution in [3.63, 3.8) is 0 Å². The molecule has 0 saturated carbocycles. The molecule has 0 unspecified atom stereocenters. The number of anilines is 1. The van der Waals surface area contributed by atoms with Gasteiger partial charge in [-0.15, -0.1) is 0 Å². The lowest BCUT2D eigenvalue weighted by atomic mass is 10.1. The van der Waals surface area contributed by atoms with Gasteiger partial charge >= 0.3 is 0 Å². The van der Waals surface area contributed by atoms with Gasteiger partial charge in [-0.05, 0) is 57.0 Å². The van der Waals surface area contributed by atoms with Crippen molar-refractivity contribution >= 4 is 17.7 Å². The second-order valence-corrected chi connectivity index (χ2v) is 5.79. The van der Waals surface area contributed by atoms with Crippen LogP contribution in [0.1, 0.15) is 29.4 Å². The highest BCUT2D eigenvalue weighted by Crippen LogP contribution is 2.28. The van der Waals surface area contributed by atoms with Crippen LogP contribution in [0.2, 0.25) is 0 Å². The lowest BCUT2D eigenvalue weighted by molar-refractivity contribution is -0.118. The first-order chi connectivity index (χ1) is 11.9. The normalized spacial score (nSPS) is 10.8. The lowest BCUT2D eigenvalue weighted by Gasteiger charge is -2.14. The summed E-state index contributed by atoms with van der Waals surface area (Å²) in [6.07, 6.45) is 3.91. The summed E-state index contributed by atoms with van der Waals surface area (Å²) in [6, 6.07) is 7.51. The maximum Gasteiger partial charge on any atom is 0.262 e. The highest BCUT2D eigenvalue weighted by molar-refractivity contribution is 5.93. The summed E-state index contributed by atoms with van der Waals surface area (Å²) >= 11 is 0. The largest absolute Gasteiger partial charge is 0.493 e. The smallest absolute Gasteiger partial charge is 0.262 e. The number of aryl methyl sites for hydroxylation is 3. The standard InChI is InChI=1S/C20H24N2O3/c1-6-7-16-8-9-17(18(11-16)24-5)25-12-19(23)22-20-13(2)10-14(3)21-15(20)4/h6-11H,12H2,1-5H3,(H,22,23)/b7-6+. The summed E-state index contributed by atoms with van der Waals surface area (Å²) in [5, 5.41) is 2.87. The maximum absolute atomic E-state index is 12.2. The number of nitrogens with zero attached hydrogens (tertiary/aromatic N) is 1. The molecule has 0 aliphatic heterocycles. The SMILES string of the molecule is C/C=C/c1ccc(OCC(=O)Nc2c(C)cc(C)nc2C)c(OC)c1. The Labute approximate surface area is 148 Å². The fraction of sp³-hybridized carbons (Fsp3) is 0.300. The molecule has 2 rings (SSSR count). The van der Waals surface area contributed by atoms with Crippen molar-refractivity contribution in [1.82, 2.24) is 4.98 Å². The van der Waals surface area contributed by atoms with Gasteiger partial charge in [0.2, 0.25) is 0 Å². The Hall–Kier alpha value is -2.82. The summed E-state index contributed by atoms with van der Waals surface area (Å²) in [7, 11) is 1.58. The molecule has 0 saturated heterocycles. The van der Waals surface area contributed by atoms with Gasteiger partial charge in [-0.1, -0.05) is 18.2 Å². The molecule has 0 atom stereocenters. The van der Waals surface area contributed by atoms with Gasteiger partial charge in [0, 0.05) is 5.69 Å². The van der Waals surface area contributed by atoms with E-state index in [0.717, 1.165) is 28.2 Å². The molecular weight excluding hydrogens is 316 g/mol. The van der Waals surface area contributed by atoms with Gasteiger partial charge in [0.1, 0.15) is 0 Å². The molecule has 1 aromatic carbocycles. The van der Waals surface area contributed by atoms with Crippen molar-refractivity contribution in [3.05, 3.63) is 52.9 Å². The first-order valence-corrected chi connectivity index (χ1v) is 8.12. The Bertz CT molecular complexity index is 775. The fourth-order valence-electron chi connectivity index (χ4n) is 2.63. The zero-order valence-electron chi connectivity index (χ0n) is 15.3. The Kier molecular flexibility index (Phi) is 6.17. The average Bonchev–Trinajstić information content (AvgIpc) is 2.57. The first kappa shape index (κ1) is 18.5. The lowest BCUT2D eigenvalue weighted by Crippen LogP contribution is -2.21. The number of rotatable bonds is 6. The number of pyridine rings is 1. The van der Waals surface area contributed by atoms with Crippen LogP contribution in [-0.2, 0) is 4.79 Å². The number of carbonyl (C=O) groups excluding carboxylic acids is 1. The van der Waals surface area contributed by atoms with Crippen molar-refractivity contribution in [2.24, 2.45) is 0 Å². The van der Waals surface area contributed by atoms with E-state index in [0.29, 0.717) is 11.5 Å². The molecule has 0 fully saturated rings. The number of methoxy groups -OCH3 is 1. The van der Waals surface area contributed by atoms with Crippen LogP contribution in [-0.4, -0.2) is 24.6 Å². The molecule has 1 heterocycles. The van der Waals surface area contributed by atoms with E-state index in [2.05, 4.69) is 10.3 Å². The molecule has 1 aromatic heterocycles. The Morgan fingerprint density at radius 1 is 1.20 bits per heavy atom. The molecule has 132 valence electrons. The van der Waals surface area contributed by atoms with E-state index < -0.39 is 0 Å². The van der Waals surface area contributed by atoms with Gasteiger partial charge in [0.15, 0.2) is 18.1 Å². The minimum Gasteiger partial charge on any atom is -0.493 e. The molecule has 25 heavy (non-hydrogen) atoms. The van der Waals surface area contributed by atoms with E-state index in [1.165, 1.54) is 0 Å². The fourth-order valence-corrected chi connectivity index (χ4v) is 2.63. The molecule has 0 radical (unpaired) electrons. The van der Waals surface area contributed by atoms with E-state index in [4.69, 9.17) is 9.47 Å². The van der Waals surface area contributed by atoms with Gasteiger partial charge in [0.25, 0.3) is 5.91 Å². The topological polar surface area (TPSA) is 60.5 Å². The Morgan fingerprint density at radius 3 is 2.60 bits per heavy atom. The third-order valence-corrected chi connectivity index (χ3v) is 3.70. The zero-order valence-corrected chi connectivity index (χ0v) is 15.3. The molecule has 1 amide bonds. The highest BCUT2D eigenvalue weighted by Gasteiger charge is 2.12. The van der Waals surface area contributed by atoms with Gasteiger partial charge < -0.3 is 14.8 Å². The molecule has 0 spiro atoms. The quantitative estimate of drug-likeness (QED) is 0.861. The molecule has 1 N–H and O–H groups in total. The van der Waals surface area contributed by atoms with Crippen LogP contribution >= 0.6 is 0 Å². The van der Waals surface area contributed by atoms with Crippen molar-refractivity contribution in [3.8, 4) is 11.5 Å². The van der Waals surface area contributed by atoms with Gasteiger partial charge in [0.05, 0.1) is 18.5 Å². The molecule has 2 aromatic rings. The molecule has 0 aliphatic carbocycles. The number of allylic oxidation sites excluding steroid dienone is 1. The monoisotopic (exact) mass is 340 g/mol. The van der Waals surface area contributed by atoms with Crippen LogP contribution in [0.25, 0.3) is 6.08 Å². The summed E-state index contributed by atoms with van der Waals surface area (Å²) in [5.74, 6) is 0.880. The minimum absolute atomic E-state index is 0.105. The van der Waals surface area contributed by atoms with E-state index in [1.54, 1.807) is 13.2 Å². The van der Waals surface area contributed by atoms with E-state index >= 15 is 0 Å². The summed E-state index contributed by atoms with van der Waals surface area (Å²) in [5.41, 5.74) is 4.43. The van der Waals surface area contributed by atoms with Crippen LogP contribution in [0.5, 0.6) is 11.5 Å². The number of carbonyl (C=O) groups is 1. The third-order valence-electron chi connectivity index (χ3n) is 3.70. The number of benzene rings is 1. The zero-order chi connectivity index (χ0) is 18.4. The molecule has 5 heteroatoms. The number of hydrogen-bond acceptors (Lipinski definition) is 4. The predicted octanol–water partition coefficient (Wildman–Crippen LogP) is 4.07. The van der Waals surface area contributed by atoms with Crippen molar-refractivity contribution < 1.29 is 14.3 Å². The van der Waals surface area contributed by atoms with Crippen LogP contribution in [0.15, 0.2) is 30.3 Å². The number of ether oxygens (including phenoxy) is 2. The van der Waals surface area contributed by atoms with Crippen LogP contribution in [0.3, 0.4) is 0 Å². The molecule has 0 aliphatic rings. The van der Waals surface area contributed by atoms with Crippen molar-refractivity contribution in [2.75, 3.05) is 19.0 Å². The second-order valence-electron chi connectivity index (χ2n) is 5.79. The van der Waals surface area contributed by atoms with Crippen LogP contribution < -0.4 is 14.8 Å². The number of hydrogen-bond donors (Lipinski definition) is 1. The Balaban J connectivity index is 2.05. The van der Waals surface area contributed by atoms with E-state index in [9.17, 15) is 4.79 Å². The minimum atomic E-state index is -0.239. The maximum atomic E-state index is 12.2. The average molecular weight is 340 g/mol. The van der Waals surface area contributed by atoms with E-state index in [1.807, 2.05) is 58.0 Å². The summed E-state index contributed by atoms with van der Waals surface area (Å²) in [4.78, 5) is 16.6. The van der Waals surface area contributed by atoms with Gasteiger partial charge in [-0.2, -0.15) is 0 Å². The van der Waals surface area contributed by atoms with Gasteiger partial charge in [-0.25, -0.2) is 0 Å². The number of nitrogens with one attached hydrogen (secondary N) is 1. The first-order valence-electron chi connectivity index (χ1n) is 8.12. The second kappa shape index (κ2) is 8.33. The van der Waals surface area contributed by atoms with Gasteiger partial charge in [-0.3, -0.25) is 9.78 Å². The number of aromatic nitrogens is 1.